The number of likely N-dealkylation sites (tertiary alicyclic amines) is 1. The van der Waals surface area contributed by atoms with Crippen molar-refractivity contribution in [2.75, 3.05) is 25.4 Å². The Morgan fingerprint density at radius 2 is 1.64 bits per heavy atom. The number of nitrogen functional groups attached to an aromatic ring is 1. The number of hydrogen-bond donors (Lipinski definition) is 1. The number of nitrogens with zero attached hydrogens (tertiary/aromatic N) is 4. The van der Waals surface area contributed by atoms with E-state index in [9.17, 15) is 4.79 Å². The van der Waals surface area contributed by atoms with Gasteiger partial charge >= 0.3 is 0 Å². The van der Waals surface area contributed by atoms with E-state index in [1.54, 1.807) is 0 Å². The molecule has 0 aliphatic carbocycles. The maximum Gasteiger partial charge on any atom is 0.255 e. The quantitative estimate of drug-likeness (QED) is 0.232. The van der Waals surface area contributed by atoms with Crippen molar-refractivity contribution in [3.8, 4) is 0 Å². The Bertz CT molecular complexity index is 1580. The van der Waals surface area contributed by atoms with Gasteiger partial charge in [0, 0.05) is 41.4 Å². The van der Waals surface area contributed by atoms with Crippen molar-refractivity contribution in [2.24, 2.45) is 0 Å². The fourth-order valence-corrected chi connectivity index (χ4v) is 8.65. The van der Waals surface area contributed by atoms with Crippen LogP contribution in [0.2, 0.25) is 0 Å². The fraction of sp³-hybridized carbons (Fsp3) is 0.429. The summed E-state index contributed by atoms with van der Waals surface area (Å²) >= 11 is 3.50. The molecule has 0 saturated carbocycles. The molecule has 7 heteroatoms. The smallest absolute Gasteiger partial charge is 0.255 e. The topological polar surface area (TPSA) is 67.4 Å². The number of aryl methyl sites for hydroxylation is 1. The van der Waals surface area contributed by atoms with Gasteiger partial charge in [0.1, 0.15) is 5.82 Å². The van der Waals surface area contributed by atoms with Crippen molar-refractivity contribution >= 4 is 38.6 Å². The summed E-state index contributed by atoms with van der Waals surface area (Å²) < 4.78 is 3.40. The molecule has 2 bridgehead atoms. The van der Waals surface area contributed by atoms with E-state index < -0.39 is 0 Å². The van der Waals surface area contributed by atoms with Gasteiger partial charge in [-0.25, -0.2) is 4.98 Å². The molecule has 3 aliphatic rings. The third-order valence-corrected chi connectivity index (χ3v) is 11.0. The van der Waals surface area contributed by atoms with Gasteiger partial charge in [-0.05, 0) is 99.7 Å². The summed E-state index contributed by atoms with van der Waals surface area (Å²) in [5, 5.41) is 0. The number of fused-ring (bicyclic) bond motifs is 3. The largest absolute Gasteiger partial charge is 0.398 e. The average molecular weight is 627 g/mol. The zero-order valence-corrected chi connectivity index (χ0v) is 26.0. The van der Waals surface area contributed by atoms with Gasteiger partial charge < -0.3 is 15.2 Å². The van der Waals surface area contributed by atoms with Gasteiger partial charge in [-0.15, -0.1) is 0 Å². The molecule has 218 valence electrons. The number of imidazole rings is 1. The third-order valence-electron chi connectivity index (χ3n) is 10.5. The zero-order valence-electron chi connectivity index (χ0n) is 24.4. The number of benzene rings is 3. The first kappa shape index (κ1) is 27.7. The fourth-order valence-electron chi connectivity index (χ4n) is 8.29. The molecule has 0 radical (unpaired) electrons. The molecule has 42 heavy (non-hydrogen) atoms. The summed E-state index contributed by atoms with van der Waals surface area (Å²) in [6, 6.07) is 27.0. The molecule has 2 unspecified atom stereocenters. The number of amides is 1. The number of anilines is 1. The van der Waals surface area contributed by atoms with E-state index in [1.807, 2.05) is 23.1 Å². The second kappa shape index (κ2) is 11.2. The van der Waals surface area contributed by atoms with Crippen molar-refractivity contribution in [3.05, 3.63) is 94.2 Å². The predicted molar refractivity (Wildman–Crippen MR) is 173 cm³/mol. The molecule has 4 heterocycles. The van der Waals surface area contributed by atoms with Crippen molar-refractivity contribution in [3.63, 3.8) is 0 Å². The highest BCUT2D eigenvalue weighted by Gasteiger charge is 2.44. The molecule has 7 rings (SSSR count). The number of piperidine rings is 2. The lowest BCUT2D eigenvalue weighted by Crippen LogP contribution is -2.49. The molecule has 3 aromatic carbocycles. The number of hydrogen-bond acceptors (Lipinski definition) is 4. The summed E-state index contributed by atoms with van der Waals surface area (Å²) in [7, 11) is 0. The highest BCUT2D eigenvalue weighted by molar-refractivity contribution is 9.10. The van der Waals surface area contributed by atoms with Crippen molar-refractivity contribution in [1.29, 1.82) is 0 Å². The molecule has 3 fully saturated rings. The molecule has 6 nitrogen and oxygen atoms in total. The first-order valence-corrected chi connectivity index (χ1v) is 16.3. The molecule has 4 aromatic rings. The summed E-state index contributed by atoms with van der Waals surface area (Å²) in [5.41, 5.74) is 11.2. The second-order valence-electron chi connectivity index (χ2n) is 12.7. The lowest BCUT2D eigenvalue weighted by Gasteiger charge is -2.45. The van der Waals surface area contributed by atoms with Crippen LogP contribution >= 0.6 is 15.9 Å². The van der Waals surface area contributed by atoms with Crippen LogP contribution in [-0.4, -0.2) is 57.0 Å². The van der Waals surface area contributed by atoms with Crippen molar-refractivity contribution < 1.29 is 4.79 Å². The SMILES string of the molecule is Cc1nc2ccccc2n1C1CC2CCC(C1)N2CCC1(c2ccccc2)CCN(C(=O)c2cc(Br)ccc2N)CC1. The van der Waals surface area contributed by atoms with E-state index in [4.69, 9.17) is 10.7 Å². The van der Waals surface area contributed by atoms with E-state index in [2.05, 4.69) is 86.9 Å². The van der Waals surface area contributed by atoms with Gasteiger partial charge in [-0.1, -0.05) is 58.4 Å². The van der Waals surface area contributed by atoms with Gasteiger partial charge in [0.2, 0.25) is 0 Å². The molecule has 3 aliphatic heterocycles. The van der Waals surface area contributed by atoms with Crippen LogP contribution in [0.4, 0.5) is 5.69 Å². The molecule has 1 aromatic heterocycles. The maximum atomic E-state index is 13.5. The van der Waals surface area contributed by atoms with Gasteiger partial charge in [0.25, 0.3) is 5.91 Å². The van der Waals surface area contributed by atoms with Crippen LogP contribution in [0, 0.1) is 6.92 Å². The Labute approximate surface area is 257 Å². The summed E-state index contributed by atoms with van der Waals surface area (Å²) in [4.78, 5) is 23.2. The molecular weight excluding hydrogens is 586 g/mol. The number of carbonyl (C=O) groups excluding carboxylic acids is 1. The van der Waals surface area contributed by atoms with E-state index in [1.165, 1.54) is 36.8 Å². The summed E-state index contributed by atoms with van der Waals surface area (Å²) in [5.74, 6) is 1.18. The zero-order chi connectivity index (χ0) is 28.8. The molecule has 3 saturated heterocycles. The number of nitrogens with two attached hydrogens (primary N) is 1. The van der Waals surface area contributed by atoms with Crippen LogP contribution in [-0.2, 0) is 5.41 Å². The second-order valence-corrected chi connectivity index (χ2v) is 13.6. The average Bonchev–Trinajstić information content (AvgIpc) is 3.48. The molecule has 2 N–H and O–H groups in total. The van der Waals surface area contributed by atoms with E-state index in [0.717, 1.165) is 54.7 Å². The molecule has 0 spiro atoms. The normalized spacial score (nSPS) is 23.9. The van der Waals surface area contributed by atoms with Crippen LogP contribution in [0.3, 0.4) is 0 Å². The van der Waals surface area contributed by atoms with Gasteiger partial charge in [-0.2, -0.15) is 0 Å². The van der Waals surface area contributed by atoms with E-state index in [-0.39, 0.29) is 11.3 Å². The van der Waals surface area contributed by atoms with Gasteiger partial charge in [0.05, 0.1) is 16.6 Å². The van der Waals surface area contributed by atoms with Gasteiger partial charge in [-0.3, -0.25) is 9.69 Å². The maximum absolute atomic E-state index is 13.5. The standard InChI is InChI=1S/C35H40BrN5O/c1-24-38-32-9-5-6-10-33(32)41(24)29-22-27-12-13-28(23-29)40(27)20-17-35(25-7-3-2-4-8-25)15-18-39(19-16-35)34(42)30-21-26(36)11-14-31(30)37/h2-11,14,21,27-29H,12-13,15-20,22-23,37H2,1H3. The monoisotopic (exact) mass is 625 g/mol. The van der Waals surface area contributed by atoms with Crippen LogP contribution in [0.25, 0.3) is 11.0 Å². The first-order valence-electron chi connectivity index (χ1n) is 15.5. The van der Waals surface area contributed by atoms with E-state index >= 15 is 0 Å². The highest BCUT2D eigenvalue weighted by Crippen LogP contribution is 2.45. The van der Waals surface area contributed by atoms with Gasteiger partial charge in [0.15, 0.2) is 0 Å². The Kier molecular flexibility index (Phi) is 7.35. The van der Waals surface area contributed by atoms with Crippen LogP contribution in [0.5, 0.6) is 0 Å². The number of para-hydroxylation sites is 2. The number of aromatic nitrogens is 2. The minimum Gasteiger partial charge on any atom is -0.398 e. The summed E-state index contributed by atoms with van der Waals surface area (Å²) in [6.07, 6.45) is 8.07. The van der Waals surface area contributed by atoms with Crippen molar-refractivity contribution in [2.45, 2.75) is 75.4 Å². The number of carbonyl (C=O) groups is 1. The number of rotatable bonds is 6. The van der Waals surface area contributed by atoms with Crippen LogP contribution in [0.15, 0.2) is 77.3 Å². The minimum absolute atomic E-state index is 0.0397. The molecular formula is C35H40BrN5O. The Balaban J connectivity index is 1.07. The number of halogens is 1. The summed E-state index contributed by atoms with van der Waals surface area (Å²) in [6.45, 7) is 4.79. The van der Waals surface area contributed by atoms with Crippen LogP contribution in [0.1, 0.15) is 72.7 Å². The Morgan fingerprint density at radius 1 is 0.952 bits per heavy atom. The first-order chi connectivity index (χ1) is 20.4. The molecule has 2 atom stereocenters. The third kappa shape index (κ3) is 4.94. The van der Waals surface area contributed by atoms with E-state index in [0.29, 0.717) is 29.4 Å². The highest BCUT2D eigenvalue weighted by atomic mass is 79.9. The Morgan fingerprint density at radius 3 is 2.38 bits per heavy atom. The Hall–Kier alpha value is -3.16. The lowest BCUT2D eigenvalue weighted by atomic mass is 9.70. The molecule has 1 amide bonds. The van der Waals surface area contributed by atoms with Crippen molar-refractivity contribution in [1.82, 2.24) is 19.4 Å². The van der Waals surface area contributed by atoms with Crippen LogP contribution < -0.4 is 5.73 Å². The minimum atomic E-state index is 0.0397. The lowest BCUT2D eigenvalue weighted by molar-refractivity contribution is 0.0608. The predicted octanol–water partition coefficient (Wildman–Crippen LogP) is 7.12.